The lowest BCUT2D eigenvalue weighted by molar-refractivity contribution is 0.0933. The molecule has 20 heavy (non-hydrogen) atoms. The van der Waals surface area contributed by atoms with Gasteiger partial charge in [0.15, 0.2) is 0 Å². The molecule has 0 aromatic heterocycles. The number of amides is 1. The fraction of sp³-hybridized carbons (Fsp3) is 0.188. The van der Waals surface area contributed by atoms with Gasteiger partial charge in [0.25, 0.3) is 5.91 Å². The number of ether oxygens (including phenoxy) is 1. The number of anilines is 1. The zero-order chi connectivity index (χ0) is 13.9. The summed E-state index contributed by atoms with van der Waals surface area (Å²) in [6.07, 6.45) is 0.836. The normalized spacial score (nSPS) is 16.3. The van der Waals surface area contributed by atoms with Crippen molar-refractivity contribution in [2.45, 2.75) is 12.5 Å². The van der Waals surface area contributed by atoms with E-state index in [1.165, 1.54) is 5.56 Å². The lowest BCUT2D eigenvalue weighted by Gasteiger charge is -2.12. The molecule has 1 amide bonds. The van der Waals surface area contributed by atoms with E-state index in [9.17, 15) is 4.79 Å². The summed E-state index contributed by atoms with van der Waals surface area (Å²) in [6, 6.07) is 14.8. The highest BCUT2D eigenvalue weighted by Crippen LogP contribution is 2.27. The predicted octanol–water partition coefficient (Wildman–Crippen LogP) is 2.00. The Labute approximate surface area is 117 Å². The number of para-hydroxylation sites is 1. The van der Waals surface area contributed by atoms with Crippen LogP contribution in [0.4, 0.5) is 5.69 Å². The van der Waals surface area contributed by atoms with E-state index in [1.54, 1.807) is 24.3 Å². The van der Waals surface area contributed by atoms with Crippen LogP contribution in [0.3, 0.4) is 0 Å². The first-order chi connectivity index (χ1) is 9.72. The van der Waals surface area contributed by atoms with Crippen molar-refractivity contribution in [3.05, 3.63) is 59.7 Å². The standard InChI is InChI=1S/C16H16N2O2/c17-13-7-5-11(6-8-13)16(19)18-10-14-9-12-3-1-2-4-15(12)20-14/h1-8,14H,9-10,17H2,(H,18,19). The van der Waals surface area contributed by atoms with Crippen molar-refractivity contribution < 1.29 is 9.53 Å². The van der Waals surface area contributed by atoms with E-state index in [0.717, 1.165) is 12.2 Å². The molecule has 0 radical (unpaired) electrons. The van der Waals surface area contributed by atoms with Gasteiger partial charge in [-0.3, -0.25) is 4.79 Å². The Morgan fingerprint density at radius 2 is 1.95 bits per heavy atom. The number of hydrogen-bond acceptors (Lipinski definition) is 3. The van der Waals surface area contributed by atoms with Gasteiger partial charge in [-0.2, -0.15) is 0 Å². The van der Waals surface area contributed by atoms with Crippen LogP contribution in [0.15, 0.2) is 48.5 Å². The second-order valence-electron chi connectivity index (χ2n) is 4.88. The van der Waals surface area contributed by atoms with E-state index >= 15 is 0 Å². The quantitative estimate of drug-likeness (QED) is 0.837. The van der Waals surface area contributed by atoms with Crippen molar-refractivity contribution in [2.75, 3.05) is 12.3 Å². The average Bonchev–Trinajstić information content (AvgIpc) is 2.88. The minimum Gasteiger partial charge on any atom is -0.488 e. The van der Waals surface area contributed by atoms with Gasteiger partial charge in [0.1, 0.15) is 11.9 Å². The first-order valence-corrected chi connectivity index (χ1v) is 6.60. The summed E-state index contributed by atoms with van der Waals surface area (Å²) < 4.78 is 5.78. The fourth-order valence-electron chi connectivity index (χ4n) is 2.31. The van der Waals surface area contributed by atoms with Crippen molar-refractivity contribution in [2.24, 2.45) is 0 Å². The summed E-state index contributed by atoms with van der Waals surface area (Å²) in [5.74, 6) is 0.809. The Kier molecular flexibility index (Phi) is 3.29. The van der Waals surface area contributed by atoms with Crippen molar-refractivity contribution in [3.63, 3.8) is 0 Å². The number of carbonyl (C=O) groups excluding carboxylic acids is 1. The molecule has 3 N–H and O–H groups in total. The molecular weight excluding hydrogens is 252 g/mol. The summed E-state index contributed by atoms with van der Waals surface area (Å²) in [7, 11) is 0. The molecule has 0 spiro atoms. The van der Waals surface area contributed by atoms with Crippen LogP contribution in [-0.4, -0.2) is 18.6 Å². The highest BCUT2D eigenvalue weighted by atomic mass is 16.5. The summed E-state index contributed by atoms with van der Waals surface area (Å²) in [5, 5.41) is 2.89. The Morgan fingerprint density at radius 3 is 2.70 bits per heavy atom. The van der Waals surface area contributed by atoms with Gasteiger partial charge in [0, 0.05) is 17.7 Å². The molecule has 0 saturated carbocycles. The molecular formula is C16H16N2O2. The third kappa shape index (κ3) is 2.59. The summed E-state index contributed by atoms with van der Waals surface area (Å²) >= 11 is 0. The van der Waals surface area contributed by atoms with Crippen LogP contribution in [0.1, 0.15) is 15.9 Å². The highest BCUT2D eigenvalue weighted by Gasteiger charge is 2.22. The minimum absolute atomic E-state index is 0.00475. The number of carbonyl (C=O) groups is 1. The number of benzene rings is 2. The maximum absolute atomic E-state index is 12.0. The zero-order valence-electron chi connectivity index (χ0n) is 11.0. The molecule has 3 rings (SSSR count). The molecule has 1 unspecified atom stereocenters. The summed E-state index contributed by atoms with van der Waals surface area (Å²) in [4.78, 5) is 12.0. The lowest BCUT2D eigenvalue weighted by Crippen LogP contribution is -2.34. The Bertz CT molecular complexity index is 598. The molecule has 1 atom stereocenters. The second kappa shape index (κ2) is 5.25. The van der Waals surface area contributed by atoms with Gasteiger partial charge >= 0.3 is 0 Å². The predicted molar refractivity (Wildman–Crippen MR) is 77.7 cm³/mol. The zero-order valence-corrected chi connectivity index (χ0v) is 11.0. The minimum atomic E-state index is -0.107. The van der Waals surface area contributed by atoms with E-state index < -0.39 is 0 Å². The van der Waals surface area contributed by atoms with Crippen LogP contribution in [0, 0.1) is 0 Å². The molecule has 4 heteroatoms. The fourth-order valence-corrected chi connectivity index (χ4v) is 2.31. The number of hydrogen-bond donors (Lipinski definition) is 2. The first kappa shape index (κ1) is 12.5. The topological polar surface area (TPSA) is 64.4 Å². The monoisotopic (exact) mass is 268 g/mol. The molecule has 102 valence electrons. The van der Waals surface area contributed by atoms with E-state index in [0.29, 0.717) is 17.8 Å². The molecule has 1 aliphatic rings. The first-order valence-electron chi connectivity index (χ1n) is 6.60. The number of fused-ring (bicyclic) bond motifs is 1. The summed E-state index contributed by atoms with van der Waals surface area (Å²) in [5.41, 5.74) is 8.05. The molecule has 1 heterocycles. The van der Waals surface area contributed by atoms with Crippen LogP contribution in [0.25, 0.3) is 0 Å². The molecule has 0 aliphatic carbocycles. The van der Waals surface area contributed by atoms with Gasteiger partial charge < -0.3 is 15.8 Å². The molecule has 2 aromatic carbocycles. The molecule has 0 bridgehead atoms. The SMILES string of the molecule is Nc1ccc(C(=O)NCC2Cc3ccccc3O2)cc1. The van der Waals surface area contributed by atoms with Gasteiger partial charge in [0.2, 0.25) is 0 Å². The molecule has 4 nitrogen and oxygen atoms in total. The third-order valence-corrected chi connectivity index (χ3v) is 3.38. The van der Waals surface area contributed by atoms with Gasteiger partial charge in [-0.15, -0.1) is 0 Å². The average molecular weight is 268 g/mol. The smallest absolute Gasteiger partial charge is 0.251 e. The van der Waals surface area contributed by atoms with Crippen molar-refractivity contribution in [3.8, 4) is 5.75 Å². The van der Waals surface area contributed by atoms with E-state index in [-0.39, 0.29) is 12.0 Å². The van der Waals surface area contributed by atoms with Crippen LogP contribution >= 0.6 is 0 Å². The third-order valence-electron chi connectivity index (χ3n) is 3.38. The molecule has 1 aliphatic heterocycles. The molecule has 0 fully saturated rings. The van der Waals surface area contributed by atoms with Gasteiger partial charge in [-0.25, -0.2) is 0 Å². The Morgan fingerprint density at radius 1 is 1.20 bits per heavy atom. The largest absolute Gasteiger partial charge is 0.488 e. The van der Waals surface area contributed by atoms with Gasteiger partial charge in [0.05, 0.1) is 6.54 Å². The van der Waals surface area contributed by atoms with Crippen LogP contribution < -0.4 is 15.8 Å². The number of nitrogens with two attached hydrogens (primary N) is 1. The van der Waals surface area contributed by atoms with Crippen molar-refractivity contribution in [1.29, 1.82) is 0 Å². The van der Waals surface area contributed by atoms with Crippen molar-refractivity contribution >= 4 is 11.6 Å². The van der Waals surface area contributed by atoms with Crippen LogP contribution in [0.2, 0.25) is 0 Å². The molecule has 2 aromatic rings. The van der Waals surface area contributed by atoms with Gasteiger partial charge in [-0.05, 0) is 35.9 Å². The number of rotatable bonds is 3. The second-order valence-corrected chi connectivity index (χ2v) is 4.88. The maximum Gasteiger partial charge on any atom is 0.251 e. The number of nitrogens with one attached hydrogen (secondary N) is 1. The van der Waals surface area contributed by atoms with Crippen LogP contribution in [0.5, 0.6) is 5.75 Å². The maximum atomic E-state index is 12.0. The van der Waals surface area contributed by atoms with Crippen molar-refractivity contribution in [1.82, 2.24) is 5.32 Å². The van der Waals surface area contributed by atoms with E-state index in [2.05, 4.69) is 11.4 Å². The van der Waals surface area contributed by atoms with Gasteiger partial charge in [-0.1, -0.05) is 18.2 Å². The van der Waals surface area contributed by atoms with E-state index in [1.807, 2.05) is 18.2 Å². The summed E-state index contributed by atoms with van der Waals surface area (Å²) in [6.45, 7) is 0.498. The Balaban J connectivity index is 1.56. The van der Waals surface area contributed by atoms with E-state index in [4.69, 9.17) is 10.5 Å². The molecule has 0 saturated heterocycles. The number of nitrogen functional groups attached to an aromatic ring is 1. The Hall–Kier alpha value is -2.49. The van der Waals surface area contributed by atoms with Crippen LogP contribution in [-0.2, 0) is 6.42 Å². The lowest BCUT2D eigenvalue weighted by atomic mass is 10.1. The highest BCUT2D eigenvalue weighted by molar-refractivity contribution is 5.94.